The highest BCUT2D eigenvalue weighted by Gasteiger charge is 2.55. The van der Waals surface area contributed by atoms with Gasteiger partial charge in [-0.3, -0.25) is 24.0 Å². The van der Waals surface area contributed by atoms with Crippen molar-refractivity contribution < 1.29 is 61.9 Å². The van der Waals surface area contributed by atoms with Gasteiger partial charge in [0.05, 0.1) is 19.1 Å². The van der Waals surface area contributed by atoms with Crippen molar-refractivity contribution in [2.24, 2.45) is 17.8 Å². The highest BCUT2D eigenvalue weighted by molar-refractivity contribution is 5.74. The summed E-state index contributed by atoms with van der Waals surface area (Å²) < 4.78 is 44.3. The highest BCUT2D eigenvalue weighted by Crippen LogP contribution is 2.40. The monoisotopic (exact) mass is 528 g/mol. The second-order valence-electron chi connectivity index (χ2n) is 8.95. The van der Waals surface area contributed by atoms with Crippen molar-refractivity contribution in [2.75, 3.05) is 19.8 Å². The van der Waals surface area contributed by atoms with E-state index in [0.717, 1.165) is 20.8 Å². The summed E-state index contributed by atoms with van der Waals surface area (Å²) in [5, 5.41) is 0. The molecule has 3 aliphatic heterocycles. The van der Waals surface area contributed by atoms with Gasteiger partial charge in [-0.15, -0.1) is 6.58 Å². The maximum atomic E-state index is 12.2. The molecular formula is C24H32O13. The molecule has 3 heterocycles. The lowest BCUT2D eigenvalue weighted by Crippen LogP contribution is -2.64. The van der Waals surface area contributed by atoms with Crippen molar-refractivity contribution in [3.63, 3.8) is 0 Å². The van der Waals surface area contributed by atoms with Crippen molar-refractivity contribution in [1.82, 2.24) is 0 Å². The molecule has 9 atom stereocenters. The maximum Gasteiger partial charge on any atom is 0.311 e. The van der Waals surface area contributed by atoms with Crippen molar-refractivity contribution >= 4 is 29.8 Å². The summed E-state index contributed by atoms with van der Waals surface area (Å²) in [6.07, 6.45) is -5.43. The Hall–Kier alpha value is -3.03. The molecule has 0 saturated carbocycles. The third kappa shape index (κ3) is 7.05. The maximum absolute atomic E-state index is 12.2. The first-order valence-electron chi connectivity index (χ1n) is 11.9. The number of ether oxygens (including phenoxy) is 8. The second-order valence-corrected chi connectivity index (χ2v) is 8.95. The summed E-state index contributed by atoms with van der Waals surface area (Å²) in [7, 11) is 0. The molecule has 0 aromatic heterocycles. The third-order valence-electron chi connectivity index (χ3n) is 6.25. The van der Waals surface area contributed by atoms with Crippen LogP contribution in [0.2, 0.25) is 0 Å². The normalized spacial score (nSPS) is 35.2. The molecule has 3 aliphatic rings. The van der Waals surface area contributed by atoms with Gasteiger partial charge in [0.2, 0.25) is 6.29 Å². The van der Waals surface area contributed by atoms with Gasteiger partial charge >= 0.3 is 29.8 Å². The Balaban J connectivity index is 1.93. The molecule has 13 nitrogen and oxygen atoms in total. The topological polar surface area (TPSA) is 159 Å². The van der Waals surface area contributed by atoms with E-state index in [4.69, 9.17) is 37.9 Å². The lowest BCUT2D eigenvalue weighted by Gasteiger charge is -2.47. The number of carbonyl (C=O) groups is 5. The first-order chi connectivity index (χ1) is 17.5. The Morgan fingerprint density at radius 3 is 2.14 bits per heavy atom. The second kappa shape index (κ2) is 12.5. The molecule has 0 aromatic carbocycles. The van der Waals surface area contributed by atoms with Gasteiger partial charge in [0.1, 0.15) is 12.7 Å². The van der Waals surface area contributed by atoms with E-state index in [0.29, 0.717) is 6.42 Å². The Kier molecular flexibility index (Phi) is 9.62. The van der Waals surface area contributed by atoms with E-state index in [1.165, 1.54) is 6.92 Å². The minimum Gasteiger partial charge on any atom is -0.465 e. The number of cyclic esters (lactones) is 1. The van der Waals surface area contributed by atoms with Gasteiger partial charge < -0.3 is 37.9 Å². The van der Waals surface area contributed by atoms with E-state index in [2.05, 4.69) is 6.58 Å². The molecule has 0 N–H and O–H groups in total. The van der Waals surface area contributed by atoms with Gasteiger partial charge in [-0.2, -0.15) is 0 Å². The number of hydrogen-bond acceptors (Lipinski definition) is 13. The molecule has 9 unspecified atom stereocenters. The van der Waals surface area contributed by atoms with Crippen molar-refractivity contribution in [1.29, 1.82) is 0 Å². The number of hydrogen-bond donors (Lipinski definition) is 0. The summed E-state index contributed by atoms with van der Waals surface area (Å²) in [4.78, 5) is 59.5. The fourth-order valence-electron chi connectivity index (χ4n) is 4.79. The molecule has 0 aromatic rings. The predicted octanol–water partition coefficient (Wildman–Crippen LogP) is 0.424. The van der Waals surface area contributed by atoms with Gasteiger partial charge in [-0.1, -0.05) is 6.08 Å². The molecule has 37 heavy (non-hydrogen) atoms. The largest absolute Gasteiger partial charge is 0.465 e. The fourth-order valence-corrected chi connectivity index (χ4v) is 4.79. The lowest BCUT2D eigenvalue weighted by atomic mass is 9.76. The minimum atomic E-state index is -1.40. The van der Waals surface area contributed by atoms with Gasteiger partial charge in [-0.05, 0) is 12.3 Å². The van der Waals surface area contributed by atoms with E-state index in [1.807, 2.05) is 0 Å². The van der Waals surface area contributed by atoms with Crippen LogP contribution >= 0.6 is 0 Å². The average molecular weight is 529 g/mol. The molecule has 0 aliphatic carbocycles. The molecule has 3 saturated heterocycles. The number of fused-ring (bicyclic) bond motifs is 1. The zero-order chi connectivity index (χ0) is 27.3. The molecule has 206 valence electrons. The smallest absolute Gasteiger partial charge is 0.311 e. The zero-order valence-corrected chi connectivity index (χ0v) is 21.1. The molecule has 3 fully saturated rings. The van der Waals surface area contributed by atoms with Crippen LogP contribution in [0.25, 0.3) is 0 Å². The van der Waals surface area contributed by atoms with E-state index in [1.54, 1.807) is 6.08 Å². The Morgan fingerprint density at radius 1 is 0.919 bits per heavy atom. The van der Waals surface area contributed by atoms with Crippen LogP contribution in [0.1, 0.15) is 34.1 Å². The van der Waals surface area contributed by atoms with E-state index in [9.17, 15) is 24.0 Å². The van der Waals surface area contributed by atoms with E-state index < -0.39 is 72.7 Å². The van der Waals surface area contributed by atoms with Gasteiger partial charge in [0.15, 0.2) is 24.6 Å². The zero-order valence-electron chi connectivity index (χ0n) is 21.1. The standard InChI is InChI=1S/C24H32O13/c1-6-15-16-7-8-30-22(29)17(16)9-32-23(15)37-24-21(35-14(5)28)20(34-13(4)27)19(33-12(3)26)18(36-24)10-31-11(2)25/h6,15-21,23-24H,1,7-10H2,2-5H3. The number of rotatable bonds is 8. The summed E-state index contributed by atoms with van der Waals surface area (Å²) >= 11 is 0. The fraction of sp³-hybridized carbons (Fsp3) is 0.708. The van der Waals surface area contributed by atoms with Crippen LogP contribution in [0.4, 0.5) is 0 Å². The van der Waals surface area contributed by atoms with Gasteiger partial charge in [0.25, 0.3) is 0 Å². The van der Waals surface area contributed by atoms with Crippen molar-refractivity contribution in [2.45, 2.75) is 71.1 Å². The quantitative estimate of drug-likeness (QED) is 0.243. The predicted molar refractivity (Wildman–Crippen MR) is 119 cm³/mol. The van der Waals surface area contributed by atoms with Crippen LogP contribution in [-0.4, -0.2) is 86.7 Å². The third-order valence-corrected chi connectivity index (χ3v) is 6.25. The lowest BCUT2D eigenvalue weighted by molar-refractivity contribution is -0.354. The summed E-state index contributed by atoms with van der Waals surface area (Å²) in [5.74, 6) is -4.38. The highest BCUT2D eigenvalue weighted by atomic mass is 16.8. The molecule has 0 spiro atoms. The van der Waals surface area contributed by atoms with Crippen LogP contribution in [0.15, 0.2) is 12.7 Å². The molecule has 0 bridgehead atoms. The molecule has 0 amide bonds. The minimum absolute atomic E-state index is 0.0176. The molecule has 0 radical (unpaired) electrons. The Labute approximate surface area is 213 Å². The summed E-state index contributed by atoms with van der Waals surface area (Å²) in [6.45, 7) is 8.30. The van der Waals surface area contributed by atoms with Crippen LogP contribution < -0.4 is 0 Å². The Morgan fingerprint density at radius 2 is 1.54 bits per heavy atom. The first-order valence-corrected chi connectivity index (χ1v) is 11.9. The molecular weight excluding hydrogens is 496 g/mol. The molecule has 13 heteroatoms. The van der Waals surface area contributed by atoms with Gasteiger partial charge in [-0.25, -0.2) is 0 Å². The Bertz CT molecular complexity index is 901. The summed E-state index contributed by atoms with van der Waals surface area (Å²) in [6, 6.07) is 0. The van der Waals surface area contributed by atoms with Crippen molar-refractivity contribution in [3.05, 3.63) is 12.7 Å². The SMILES string of the molecule is C=CC1C(OC2OC(COC(C)=O)C(OC(C)=O)C(OC(C)=O)C2OC(C)=O)OCC2C(=O)OCCC21. The van der Waals surface area contributed by atoms with Crippen molar-refractivity contribution in [3.8, 4) is 0 Å². The summed E-state index contributed by atoms with van der Waals surface area (Å²) in [5.41, 5.74) is 0. The van der Waals surface area contributed by atoms with Crippen LogP contribution in [0.5, 0.6) is 0 Å². The molecule has 3 rings (SSSR count). The van der Waals surface area contributed by atoms with Crippen LogP contribution in [-0.2, 0) is 61.9 Å². The number of carbonyl (C=O) groups excluding carboxylic acids is 5. The van der Waals surface area contributed by atoms with Crippen LogP contribution in [0, 0.1) is 17.8 Å². The van der Waals surface area contributed by atoms with E-state index in [-0.39, 0.29) is 31.7 Å². The average Bonchev–Trinajstić information content (AvgIpc) is 2.80. The van der Waals surface area contributed by atoms with E-state index >= 15 is 0 Å². The number of esters is 5. The first kappa shape index (κ1) is 28.5. The van der Waals surface area contributed by atoms with Crippen LogP contribution in [0.3, 0.4) is 0 Å². The van der Waals surface area contributed by atoms with Gasteiger partial charge in [0, 0.05) is 33.6 Å².